The van der Waals surface area contributed by atoms with E-state index in [9.17, 15) is 0 Å². The Morgan fingerprint density at radius 2 is 2.12 bits per heavy atom. The van der Waals surface area contributed by atoms with Gasteiger partial charge in [-0.05, 0) is 24.3 Å². The first kappa shape index (κ1) is 14.2. The van der Waals surface area contributed by atoms with Crippen LogP contribution in [0.1, 0.15) is 19.4 Å². The molecule has 16 heavy (non-hydrogen) atoms. The minimum absolute atomic E-state index is 0.486. The summed E-state index contributed by atoms with van der Waals surface area (Å²) in [7, 11) is 0. The first-order valence-electron chi connectivity index (χ1n) is 5.39. The standard InChI is InChI=1S/C12H17Cl2NS/c1-3-16-8-9(2)15-7-10-5-4-6-11(13)12(10)14/h4-6,9,15H,3,7-8H2,1-2H3. The molecule has 1 N–H and O–H groups in total. The molecule has 0 saturated carbocycles. The van der Waals surface area contributed by atoms with Crippen molar-refractivity contribution < 1.29 is 0 Å². The van der Waals surface area contributed by atoms with Gasteiger partial charge in [0.25, 0.3) is 0 Å². The molecule has 1 rings (SSSR count). The number of rotatable bonds is 6. The Balaban J connectivity index is 2.45. The smallest absolute Gasteiger partial charge is 0.0637 e. The molecule has 0 aliphatic rings. The van der Waals surface area contributed by atoms with E-state index in [1.165, 1.54) is 0 Å². The highest BCUT2D eigenvalue weighted by Gasteiger charge is 2.06. The molecule has 0 fully saturated rings. The molecule has 0 amide bonds. The minimum atomic E-state index is 0.486. The topological polar surface area (TPSA) is 12.0 Å². The fourth-order valence-electron chi connectivity index (χ4n) is 1.32. The lowest BCUT2D eigenvalue weighted by Crippen LogP contribution is -2.27. The number of thioether (sulfide) groups is 1. The summed E-state index contributed by atoms with van der Waals surface area (Å²) in [5.74, 6) is 2.28. The normalized spacial score (nSPS) is 12.8. The van der Waals surface area contributed by atoms with Crippen LogP contribution in [-0.4, -0.2) is 17.5 Å². The summed E-state index contributed by atoms with van der Waals surface area (Å²) in [5, 5.41) is 4.72. The molecule has 0 radical (unpaired) electrons. The van der Waals surface area contributed by atoms with Gasteiger partial charge in [0.1, 0.15) is 0 Å². The highest BCUT2D eigenvalue weighted by Crippen LogP contribution is 2.25. The molecule has 0 aromatic heterocycles. The number of hydrogen-bond acceptors (Lipinski definition) is 2. The Kier molecular flexibility index (Phi) is 6.59. The molecule has 0 spiro atoms. The first-order valence-corrected chi connectivity index (χ1v) is 7.30. The van der Waals surface area contributed by atoms with E-state index >= 15 is 0 Å². The van der Waals surface area contributed by atoms with Gasteiger partial charge in [0.15, 0.2) is 0 Å². The van der Waals surface area contributed by atoms with Crippen molar-refractivity contribution in [2.75, 3.05) is 11.5 Å². The molecule has 4 heteroatoms. The number of nitrogens with one attached hydrogen (secondary N) is 1. The summed E-state index contributed by atoms with van der Waals surface area (Å²) < 4.78 is 0. The third-order valence-corrected chi connectivity index (χ3v) is 4.25. The highest BCUT2D eigenvalue weighted by atomic mass is 35.5. The molecule has 0 aliphatic heterocycles. The number of benzene rings is 1. The molecular formula is C12H17Cl2NS. The summed E-state index contributed by atoms with van der Waals surface area (Å²) in [6.45, 7) is 5.12. The molecule has 0 aliphatic carbocycles. The lowest BCUT2D eigenvalue weighted by molar-refractivity contribution is 0.596. The van der Waals surface area contributed by atoms with Gasteiger partial charge >= 0.3 is 0 Å². The molecule has 1 nitrogen and oxygen atoms in total. The van der Waals surface area contributed by atoms with Crippen LogP contribution in [0.25, 0.3) is 0 Å². The van der Waals surface area contributed by atoms with Crippen molar-refractivity contribution in [1.29, 1.82) is 0 Å². The highest BCUT2D eigenvalue weighted by molar-refractivity contribution is 7.99. The predicted octanol–water partition coefficient (Wildman–Crippen LogP) is 4.22. The van der Waals surface area contributed by atoms with Crippen LogP contribution >= 0.6 is 35.0 Å². The minimum Gasteiger partial charge on any atom is -0.309 e. The average Bonchev–Trinajstić information content (AvgIpc) is 2.28. The number of hydrogen-bond donors (Lipinski definition) is 1. The molecule has 1 aromatic carbocycles. The van der Waals surface area contributed by atoms with E-state index in [2.05, 4.69) is 19.2 Å². The van der Waals surface area contributed by atoms with Crippen molar-refractivity contribution in [3.05, 3.63) is 33.8 Å². The zero-order valence-corrected chi connectivity index (χ0v) is 11.9. The lowest BCUT2D eigenvalue weighted by atomic mass is 10.2. The van der Waals surface area contributed by atoms with Crippen LogP contribution in [-0.2, 0) is 6.54 Å². The van der Waals surface area contributed by atoms with E-state index in [-0.39, 0.29) is 0 Å². The van der Waals surface area contributed by atoms with E-state index in [0.29, 0.717) is 16.1 Å². The Morgan fingerprint density at radius 3 is 2.81 bits per heavy atom. The van der Waals surface area contributed by atoms with Crippen LogP contribution < -0.4 is 5.32 Å². The molecule has 1 atom stereocenters. The van der Waals surface area contributed by atoms with Gasteiger partial charge in [0.2, 0.25) is 0 Å². The van der Waals surface area contributed by atoms with Gasteiger partial charge in [-0.25, -0.2) is 0 Å². The SMILES string of the molecule is CCSCC(C)NCc1cccc(Cl)c1Cl. The fourth-order valence-corrected chi connectivity index (χ4v) is 2.42. The van der Waals surface area contributed by atoms with Crippen LogP contribution in [0.3, 0.4) is 0 Å². The van der Waals surface area contributed by atoms with Gasteiger partial charge < -0.3 is 5.32 Å². The summed E-state index contributed by atoms with van der Waals surface area (Å²) in [4.78, 5) is 0. The molecular weight excluding hydrogens is 261 g/mol. The van der Waals surface area contributed by atoms with E-state index in [1.54, 1.807) is 0 Å². The van der Waals surface area contributed by atoms with Crippen molar-refractivity contribution in [3.63, 3.8) is 0 Å². The Hall–Kier alpha value is 0.110. The summed E-state index contributed by atoms with van der Waals surface area (Å²) in [6.07, 6.45) is 0. The zero-order chi connectivity index (χ0) is 12.0. The molecule has 90 valence electrons. The van der Waals surface area contributed by atoms with Gasteiger partial charge in [-0.2, -0.15) is 11.8 Å². The van der Waals surface area contributed by atoms with E-state index in [1.807, 2.05) is 30.0 Å². The van der Waals surface area contributed by atoms with E-state index in [0.717, 1.165) is 23.6 Å². The molecule has 0 heterocycles. The molecule has 0 saturated heterocycles. The van der Waals surface area contributed by atoms with Crippen LogP contribution in [0, 0.1) is 0 Å². The van der Waals surface area contributed by atoms with Gasteiger partial charge in [-0.15, -0.1) is 0 Å². The van der Waals surface area contributed by atoms with Crippen LogP contribution in [0.5, 0.6) is 0 Å². The summed E-state index contributed by atoms with van der Waals surface area (Å²) in [5.41, 5.74) is 1.06. The second-order valence-electron chi connectivity index (χ2n) is 3.65. The monoisotopic (exact) mass is 277 g/mol. The Labute approximate surface area is 112 Å². The third-order valence-electron chi connectivity index (χ3n) is 2.24. The zero-order valence-electron chi connectivity index (χ0n) is 9.59. The maximum absolute atomic E-state index is 6.10. The molecule has 1 aromatic rings. The quantitative estimate of drug-likeness (QED) is 0.836. The molecule has 0 bridgehead atoms. The Bertz CT molecular complexity index is 331. The maximum Gasteiger partial charge on any atom is 0.0637 e. The van der Waals surface area contributed by atoms with Crippen molar-refractivity contribution in [1.82, 2.24) is 5.32 Å². The van der Waals surface area contributed by atoms with Crippen LogP contribution in [0.4, 0.5) is 0 Å². The fraction of sp³-hybridized carbons (Fsp3) is 0.500. The van der Waals surface area contributed by atoms with E-state index in [4.69, 9.17) is 23.2 Å². The average molecular weight is 278 g/mol. The predicted molar refractivity (Wildman–Crippen MR) is 75.8 cm³/mol. The second kappa shape index (κ2) is 7.44. The lowest BCUT2D eigenvalue weighted by Gasteiger charge is -2.14. The first-order chi connectivity index (χ1) is 7.65. The van der Waals surface area contributed by atoms with Crippen molar-refractivity contribution in [2.45, 2.75) is 26.4 Å². The van der Waals surface area contributed by atoms with Gasteiger partial charge in [-0.1, -0.05) is 42.3 Å². The maximum atomic E-state index is 6.10. The van der Waals surface area contributed by atoms with Crippen LogP contribution in [0.2, 0.25) is 10.0 Å². The van der Waals surface area contributed by atoms with Crippen molar-refractivity contribution in [3.8, 4) is 0 Å². The number of halogens is 2. The Morgan fingerprint density at radius 1 is 1.38 bits per heavy atom. The van der Waals surface area contributed by atoms with Gasteiger partial charge in [-0.3, -0.25) is 0 Å². The van der Waals surface area contributed by atoms with Gasteiger partial charge in [0, 0.05) is 18.3 Å². The third kappa shape index (κ3) is 4.54. The van der Waals surface area contributed by atoms with Gasteiger partial charge in [0.05, 0.1) is 10.0 Å². The van der Waals surface area contributed by atoms with Crippen molar-refractivity contribution >= 4 is 35.0 Å². The van der Waals surface area contributed by atoms with Crippen LogP contribution in [0.15, 0.2) is 18.2 Å². The second-order valence-corrected chi connectivity index (χ2v) is 5.76. The largest absolute Gasteiger partial charge is 0.309 e. The van der Waals surface area contributed by atoms with Crippen molar-refractivity contribution in [2.24, 2.45) is 0 Å². The molecule has 1 unspecified atom stereocenters. The summed E-state index contributed by atoms with van der Waals surface area (Å²) >= 11 is 14.0. The van der Waals surface area contributed by atoms with E-state index < -0.39 is 0 Å². The summed E-state index contributed by atoms with van der Waals surface area (Å²) in [6, 6.07) is 6.22.